The van der Waals surface area contributed by atoms with Crippen molar-refractivity contribution in [2.75, 3.05) is 19.6 Å². The van der Waals surface area contributed by atoms with Crippen molar-refractivity contribution in [2.45, 2.75) is 38.3 Å². The molecule has 6 heteroatoms. The predicted octanol–water partition coefficient (Wildman–Crippen LogP) is 2.73. The third-order valence-electron chi connectivity index (χ3n) is 5.43. The topological polar surface area (TPSA) is 49.3 Å². The fraction of sp³-hybridized carbons (Fsp3) is 0.500. The van der Waals surface area contributed by atoms with Crippen molar-refractivity contribution < 1.29 is 4.79 Å². The monoisotopic (exact) mass is 342 g/mol. The van der Waals surface area contributed by atoms with Crippen LogP contribution in [0.5, 0.6) is 0 Å². The normalized spacial score (nSPS) is 20.1. The Kier molecular flexibility index (Phi) is 4.10. The van der Waals surface area contributed by atoms with Gasteiger partial charge in [0.1, 0.15) is 0 Å². The summed E-state index contributed by atoms with van der Waals surface area (Å²) < 4.78 is 0. The zero-order valence-corrected chi connectivity index (χ0v) is 14.8. The lowest BCUT2D eigenvalue weighted by Gasteiger charge is -2.56. The van der Waals surface area contributed by atoms with E-state index in [9.17, 15) is 4.79 Å². The largest absolute Gasteiger partial charge is 0.338 e. The fourth-order valence-corrected chi connectivity index (χ4v) is 4.48. The second-order valence-corrected chi connectivity index (χ2v) is 7.85. The second kappa shape index (κ2) is 6.26. The highest BCUT2D eigenvalue weighted by molar-refractivity contribution is 7.09. The molecule has 0 saturated carbocycles. The Morgan fingerprint density at radius 3 is 2.67 bits per heavy atom. The van der Waals surface area contributed by atoms with Gasteiger partial charge >= 0.3 is 0 Å². The van der Waals surface area contributed by atoms with E-state index in [-0.39, 0.29) is 11.4 Å². The Morgan fingerprint density at radius 1 is 1.29 bits per heavy atom. The lowest BCUT2D eigenvalue weighted by Crippen LogP contribution is -2.63. The molecule has 1 amide bonds. The lowest BCUT2D eigenvalue weighted by molar-refractivity contribution is -0.0608. The van der Waals surface area contributed by atoms with E-state index >= 15 is 0 Å². The van der Waals surface area contributed by atoms with Crippen LogP contribution in [0.4, 0.5) is 0 Å². The summed E-state index contributed by atoms with van der Waals surface area (Å²) in [5.74, 6) is 0.110. The molecule has 2 aliphatic heterocycles. The summed E-state index contributed by atoms with van der Waals surface area (Å²) in [6.45, 7) is 5.82. The summed E-state index contributed by atoms with van der Waals surface area (Å²) in [6, 6.07) is 3.67. The number of aromatic nitrogens is 2. The Hall–Kier alpha value is -1.79. The van der Waals surface area contributed by atoms with Crippen molar-refractivity contribution in [3.05, 3.63) is 46.2 Å². The van der Waals surface area contributed by atoms with Crippen LogP contribution < -0.4 is 0 Å². The van der Waals surface area contributed by atoms with Crippen LogP contribution >= 0.6 is 11.3 Å². The number of nitrogens with zero attached hydrogens (tertiary/aromatic N) is 4. The van der Waals surface area contributed by atoms with E-state index < -0.39 is 0 Å². The number of likely N-dealkylation sites (tertiary alicyclic amines) is 2. The quantitative estimate of drug-likeness (QED) is 0.861. The number of carbonyl (C=O) groups is 1. The van der Waals surface area contributed by atoms with Crippen LogP contribution in [-0.2, 0) is 6.54 Å². The third-order valence-corrected chi connectivity index (χ3v) is 6.25. The van der Waals surface area contributed by atoms with Gasteiger partial charge in [0, 0.05) is 49.5 Å². The van der Waals surface area contributed by atoms with Crippen molar-refractivity contribution in [1.29, 1.82) is 0 Å². The van der Waals surface area contributed by atoms with Crippen molar-refractivity contribution in [2.24, 2.45) is 0 Å². The molecule has 0 atom stereocenters. The summed E-state index contributed by atoms with van der Waals surface area (Å²) >= 11 is 1.72. The van der Waals surface area contributed by atoms with Gasteiger partial charge in [-0.25, -0.2) is 4.98 Å². The van der Waals surface area contributed by atoms with Gasteiger partial charge in [-0.1, -0.05) is 0 Å². The van der Waals surface area contributed by atoms with Crippen molar-refractivity contribution in [3.63, 3.8) is 0 Å². The number of hydrogen-bond donors (Lipinski definition) is 0. The number of rotatable bonds is 3. The molecule has 0 aromatic carbocycles. The molecule has 1 spiro atoms. The highest BCUT2D eigenvalue weighted by Gasteiger charge is 2.46. The highest BCUT2D eigenvalue weighted by atomic mass is 32.1. The van der Waals surface area contributed by atoms with Gasteiger partial charge in [-0.05, 0) is 38.3 Å². The van der Waals surface area contributed by atoms with E-state index in [1.807, 2.05) is 17.0 Å². The molecular formula is C18H22N4OS. The Bertz CT molecular complexity index is 722. The molecule has 24 heavy (non-hydrogen) atoms. The van der Waals surface area contributed by atoms with E-state index in [0.717, 1.165) is 44.0 Å². The van der Waals surface area contributed by atoms with Crippen LogP contribution in [0.1, 0.15) is 40.3 Å². The fourth-order valence-electron chi connectivity index (χ4n) is 3.87. The van der Waals surface area contributed by atoms with Gasteiger partial charge in [0.05, 0.1) is 16.3 Å². The number of aryl methyl sites for hydroxylation is 1. The molecule has 2 saturated heterocycles. The Balaban J connectivity index is 1.38. The zero-order chi connectivity index (χ0) is 16.6. The van der Waals surface area contributed by atoms with Crippen LogP contribution in [0.2, 0.25) is 0 Å². The molecule has 0 unspecified atom stereocenters. The molecule has 2 aromatic heterocycles. The minimum Gasteiger partial charge on any atom is -0.338 e. The molecular weight excluding hydrogens is 320 g/mol. The minimum atomic E-state index is 0.110. The molecule has 0 radical (unpaired) electrons. The maximum absolute atomic E-state index is 12.6. The Morgan fingerprint density at radius 2 is 2.08 bits per heavy atom. The summed E-state index contributed by atoms with van der Waals surface area (Å²) in [4.78, 5) is 25.8. The van der Waals surface area contributed by atoms with Crippen LogP contribution in [-0.4, -0.2) is 50.8 Å². The van der Waals surface area contributed by atoms with E-state index in [4.69, 9.17) is 0 Å². The molecule has 0 N–H and O–H groups in total. The number of amides is 1. The maximum Gasteiger partial charge on any atom is 0.255 e. The smallest absolute Gasteiger partial charge is 0.255 e. The molecule has 2 aliphatic rings. The lowest BCUT2D eigenvalue weighted by atomic mass is 9.76. The van der Waals surface area contributed by atoms with Crippen LogP contribution in [0.15, 0.2) is 29.9 Å². The second-order valence-electron chi connectivity index (χ2n) is 6.79. The molecule has 4 rings (SSSR count). The van der Waals surface area contributed by atoms with Gasteiger partial charge in [-0.3, -0.25) is 14.7 Å². The van der Waals surface area contributed by atoms with Crippen LogP contribution in [0, 0.1) is 6.92 Å². The van der Waals surface area contributed by atoms with E-state index in [1.165, 1.54) is 12.1 Å². The van der Waals surface area contributed by atoms with Gasteiger partial charge in [0.15, 0.2) is 0 Å². The first-order valence-corrected chi connectivity index (χ1v) is 9.40. The van der Waals surface area contributed by atoms with E-state index in [1.54, 1.807) is 23.7 Å². The van der Waals surface area contributed by atoms with Gasteiger partial charge in [0.25, 0.3) is 5.91 Å². The van der Waals surface area contributed by atoms with Crippen molar-refractivity contribution >= 4 is 17.2 Å². The third kappa shape index (κ3) is 2.84. The zero-order valence-electron chi connectivity index (χ0n) is 13.9. The number of pyridine rings is 1. The summed E-state index contributed by atoms with van der Waals surface area (Å²) in [6.07, 6.45) is 6.72. The summed E-state index contributed by atoms with van der Waals surface area (Å²) in [5, 5.41) is 3.30. The summed E-state index contributed by atoms with van der Waals surface area (Å²) in [5.41, 5.74) is 2.16. The highest BCUT2D eigenvalue weighted by Crippen LogP contribution is 2.41. The molecule has 0 bridgehead atoms. The molecule has 5 nitrogen and oxygen atoms in total. The molecule has 4 heterocycles. The van der Waals surface area contributed by atoms with Crippen LogP contribution in [0.25, 0.3) is 0 Å². The van der Waals surface area contributed by atoms with Crippen LogP contribution in [0.3, 0.4) is 0 Å². The predicted molar refractivity (Wildman–Crippen MR) is 94.0 cm³/mol. The number of hydrogen-bond acceptors (Lipinski definition) is 5. The van der Waals surface area contributed by atoms with Gasteiger partial charge in [-0.15, -0.1) is 11.3 Å². The van der Waals surface area contributed by atoms with Crippen molar-refractivity contribution in [1.82, 2.24) is 19.8 Å². The SMILES string of the molecule is Cc1nc(CN2CCC23CCN(C(=O)c2cccnc2)CC3)cs1. The summed E-state index contributed by atoms with van der Waals surface area (Å²) in [7, 11) is 0. The molecule has 0 aliphatic carbocycles. The Labute approximate surface area is 146 Å². The standard InChI is InChI=1S/C18H22N4OS/c1-14-20-16(13-24-14)12-22-10-6-18(22)4-8-21(9-5-18)17(23)15-3-2-7-19-11-15/h2-3,7,11,13H,4-6,8-10,12H2,1H3. The van der Waals surface area contributed by atoms with Gasteiger partial charge in [-0.2, -0.15) is 0 Å². The number of piperidine rings is 1. The van der Waals surface area contributed by atoms with Gasteiger partial charge in [0.2, 0.25) is 0 Å². The first kappa shape index (κ1) is 15.7. The van der Waals surface area contributed by atoms with E-state index in [0.29, 0.717) is 5.56 Å². The molecule has 126 valence electrons. The first-order chi connectivity index (χ1) is 11.7. The number of thiazole rings is 1. The molecule has 2 fully saturated rings. The minimum absolute atomic E-state index is 0.110. The first-order valence-electron chi connectivity index (χ1n) is 8.52. The average molecular weight is 342 g/mol. The molecule has 2 aromatic rings. The van der Waals surface area contributed by atoms with Crippen molar-refractivity contribution in [3.8, 4) is 0 Å². The average Bonchev–Trinajstić information content (AvgIpc) is 3.04. The maximum atomic E-state index is 12.6. The van der Waals surface area contributed by atoms with E-state index in [2.05, 4.69) is 27.2 Å². The number of carbonyl (C=O) groups excluding carboxylic acids is 1. The van der Waals surface area contributed by atoms with Gasteiger partial charge < -0.3 is 4.90 Å².